The molecule has 0 bridgehead atoms. The van der Waals surface area contributed by atoms with Gasteiger partial charge in [-0.15, -0.1) is 0 Å². The number of imidazole rings is 1. The standard InChI is InChI=1S/C25H29N3/c1-20-9-5-8-14-25(20)22-12-6-7-13-23(15-22)27-17-24-16-26-19-28(24)18-21-10-3-2-4-11-21/h2-5,8-11,14-16,19,23,27H,6-7,12-13,17-18H2,1H3. The van der Waals surface area contributed by atoms with Crippen molar-refractivity contribution < 1.29 is 0 Å². The average molecular weight is 372 g/mol. The van der Waals surface area contributed by atoms with Crippen molar-refractivity contribution in [1.29, 1.82) is 0 Å². The molecule has 1 aliphatic carbocycles. The Bertz CT molecular complexity index is 924. The van der Waals surface area contributed by atoms with Crippen LogP contribution in [0.2, 0.25) is 0 Å². The Balaban J connectivity index is 1.45. The summed E-state index contributed by atoms with van der Waals surface area (Å²) in [4.78, 5) is 4.38. The second kappa shape index (κ2) is 9.03. The van der Waals surface area contributed by atoms with Gasteiger partial charge >= 0.3 is 0 Å². The molecule has 0 radical (unpaired) electrons. The summed E-state index contributed by atoms with van der Waals surface area (Å²) in [6.45, 7) is 3.92. The van der Waals surface area contributed by atoms with Crippen molar-refractivity contribution >= 4 is 5.57 Å². The first kappa shape index (κ1) is 18.7. The molecule has 0 aliphatic heterocycles. The van der Waals surface area contributed by atoms with Gasteiger partial charge in [0.25, 0.3) is 0 Å². The van der Waals surface area contributed by atoms with E-state index in [1.807, 2.05) is 12.5 Å². The van der Waals surface area contributed by atoms with E-state index in [0.29, 0.717) is 6.04 Å². The summed E-state index contributed by atoms with van der Waals surface area (Å²) < 4.78 is 2.24. The van der Waals surface area contributed by atoms with Crippen LogP contribution in [0.25, 0.3) is 5.57 Å². The number of rotatable bonds is 6. The van der Waals surface area contributed by atoms with Gasteiger partial charge in [0.15, 0.2) is 0 Å². The number of hydrogen-bond donors (Lipinski definition) is 1. The first-order valence-electron chi connectivity index (χ1n) is 10.3. The van der Waals surface area contributed by atoms with Gasteiger partial charge in [0, 0.05) is 25.3 Å². The minimum absolute atomic E-state index is 0.414. The van der Waals surface area contributed by atoms with Gasteiger partial charge in [0.1, 0.15) is 0 Å². The maximum Gasteiger partial charge on any atom is 0.0951 e. The Morgan fingerprint density at radius 2 is 1.86 bits per heavy atom. The minimum atomic E-state index is 0.414. The van der Waals surface area contributed by atoms with Crippen LogP contribution in [0.4, 0.5) is 0 Å². The second-order valence-corrected chi connectivity index (χ2v) is 7.74. The largest absolute Gasteiger partial charge is 0.329 e. The summed E-state index contributed by atoms with van der Waals surface area (Å²) in [6.07, 6.45) is 11.3. The smallest absolute Gasteiger partial charge is 0.0951 e. The number of nitrogens with one attached hydrogen (secondary N) is 1. The normalized spacial score (nSPS) is 17.2. The highest BCUT2D eigenvalue weighted by atomic mass is 15.1. The molecule has 28 heavy (non-hydrogen) atoms. The fraction of sp³-hybridized carbons (Fsp3) is 0.320. The van der Waals surface area contributed by atoms with E-state index in [9.17, 15) is 0 Å². The third kappa shape index (κ3) is 4.60. The fourth-order valence-electron chi connectivity index (χ4n) is 4.06. The van der Waals surface area contributed by atoms with E-state index >= 15 is 0 Å². The zero-order valence-electron chi connectivity index (χ0n) is 16.6. The summed E-state index contributed by atoms with van der Waals surface area (Å²) in [6, 6.07) is 19.7. The molecule has 1 heterocycles. The third-order valence-electron chi connectivity index (χ3n) is 5.64. The second-order valence-electron chi connectivity index (χ2n) is 7.74. The topological polar surface area (TPSA) is 29.9 Å². The molecule has 1 unspecified atom stereocenters. The highest BCUT2D eigenvalue weighted by Crippen LogP contribution is 2.28. The van der Waals surface area contributed by atoms with Crippen molar-refractivity contribution in [2.24, 2.45) is 0 Å². The van der Waals surface area contributed by atoms with Crippen LogP contribution in [0.3, 0.4) is 0 Å². The Morgan fingerprint density at radius 3 is 2.71 bits per heavy atom. The van der Waals surface area contributed by atoms with E-state index in [1.54, 1.807) is 0 Å². The molecule has 0 fully saturated rings. The van der Waals surface area contributed by atoms with Crippen molar-refractivity contribution in [3.63, 3.8) is 0 Å². The molecule has 1 aromatic heterocycles. The molecule has 1 aliphatic rings. The molecule has 0 spiro atoms. The Morgan fingerprint density at radius 1 is 1.04 bits per heavy atom. The van der Waals surface area contributed by atoms with Crippen molar-refractivity contribution in [1.82, 2.24) is 14.9 Å². The molecule has 3 aromatic rings. The first-order valence-corrected chi connectivity index (χ1v) is 10.3. The summed E-state index contributed by atoms with van der Waals surface area (Å²) in [5.41, 5.74) is 6.81. The maximum atomic E-state index is 4.38. The predicted octanol–water partition coefficient (Wildman–Crippen LogP) is 5.36. The fourth-order valence-corrected chi connectivity index (χ4v) is 4.06. The summed E-state index contributed by atoms with van der Waals surface area (Å²) >= 11 is 0. The van der Waals surface area contributed by atoms with Crippen molar-refractivity contribution in [2.75, 3.05) is 0 Å². The van der Waals surface area contributed by atoms with Gasteiger partial charge in [0.2, 0.25) is 0 Å². The number of aromatic nitrogens is 2. The molecule has 1 N–H and O–H groups in total. The molecule has 4 rings (SSSR count). The molecule has 3 heteroatoms. The molecule has 0 amide bonds. The zero-order chi connectivity index (χ0) is 19.2. The van der Waals surface area contributed by atoms with Crippen LogP contribution in [-0.4, -0.2) is 15.6 Å². The number of nitrogens with zero attached hydrogens (tertiary/aromatic N) is 2. The SMILES string of the molecule is Cc1ccccc1C1=CC(NCc2cncn2Cc2ccccc2)CCCC1. The summed E-state index contributed by atoms with van der Waals surface area (Å²) in [5.74, 6) is 0. The van der Waals surface area contributed by atoms with Crippen molar-refractivity contribution in [3.8, 4) is 0 Å². The van der Waals surface area contributed by atoms with Crippen LogP contribution in [0, 0.1) is 6.92 Å². The quantitative estimate of drug-likeness (QED) is 0.632. The van der Waals surface area contributed by atoms with Crippen molar-refractivity contribution in [2.45, 2.75) is 51.7 Å². The van der Waals surface area contributed by atoms with E-state index in [0.717, 1.165) is 13.1 Å². The van der Waals surface area contributed by atoms with Crippen molar-refractivity contribution in [3.05, 3.63) is 95.6 Å². The van der Waals surface area contributed by atoms with Gasteiger partial charge < -0.3 is 9.88 Å². The third-order valence-corrected chi connectivity index (χ3v) is 5.64. The molecule has 3 nitrogen and oxygen atoms in total. The molecular formula is C25H29N3. The number of hydrogen-bond acceptors (Lipinski definition) is 2. The van der Waals surface area contributed by atoms with Crippen LogP contribution in [0.15, 0.2) is 73.2 Å². The van der Waals surface area contributed by atoms with Gasteiger partial charge in [-0.3, -0.25) is 0 Å². The van der Waals surface area contributed by atoms with Crippen LogP contribution < -0.4 is 5.32 Å². The zero-order valence-corrected chi connectivity index (χ0v) is 16.6. The average Bonchev–Trinajstić information content (AvgIpc) is 3.02. The lowest BCUT2D eigenvalue weighted by Gasteiger charge is -2.16. The van der Waals surface area contributed by atoms with E-state index in [4.69, 9.17) is 0 Å². The number of aryl methyl sites for hydroxylation is 1. The predicted molar refractivity (Wildman–Crippen MR) is 116 cm³/mol. The van der Waals surface area contributed by atoms with Gasteiger partial charge in [0.05, 0.1) is 12.0 Å². The monoisotopic (exact) mass is 371 g/mol. The van der Waals surface area contributed by atoms with Gasteiger partial charge in [-0.2, -0.15) is 0 Å². The lowest BCUT2D eigenvalue weighted by molar-refractivity contribution is 0.525. The molecular weight excluding hydrogens is 342 g/mol. The Hall–Kier alpha value is -2.65. The molecule has 0 saturated carbocycles. The molecule has 0 saturated heterocycles. The highest BCUT2D eigenvalue weighted by molar-refractivity contribution is 5.68. The van der Waals surface area contributed by atoms with Crippen LogP contribution in [0.1, 0.15) is 48.1 Å². The molecule has 1 atom stereocenters. The van der Waals surface area contributed by atoms with E-state index < -0.39 is 0 Å². The first-order chi connectivity index (χ1) is 13.8. The van der Waals surface area contributed by atoms with Crippen LogP contribution in [0.5, 0.6) is 0 Å². The lowest BCUT2D eigenvalue weighted by Crippen LogP contribution is -2.27. The van der Waals surface area contributed by atoms with E-state index in [-0.39, 0.29) is 0 Å². The van der Waals surface area contributed by atoms with Gasteiger partial charge in [-0.05, 0) is 48.4 Å². The van der Waals surface area contributed by atoms with Crippen LogP contribution in [-0.2, 0) is 13.1 Å². The molecule has 144 valence electrons. The van der Waals surface area contributed by atoms with Gasteiger partial charge in [-0.1, -0.05) is 67.1 Å². The molecule has 2 aromatic carbocycles. The lowest BCUT2D eigenvalue weighted by atomic mass is 9.97. The van der Waals surface area contributed by atoms with Gasteiger partial charge in [-0.25, -0.2) is 4.98 Å². The summed E-state index contributed by atoms with van der Waals surface area (Å²) in [7, 11) is 0. The maximum absolute atomic E-state index is 4.38. The van der Waals surface area contributed by atoms with E-state index in [1.165, 1.54) is 53.6 Å². The van der Waals surface area contributed by atoms with Crippen LogP contribution >= 0.6 is 0 Å². The number of benzene rings is 2. The Kier molecular flexibility index (Phi) is 6.03. The number of allylic oxidation sites excluding steroid dienone is 1. The van der Waals surface area contributed by atoms with E-state index in [2.05, 4.69) is 82.5 Å². The summed E-state index contributed by atoms with van der Waals surface area (Å²) in [5, 5.41) is 3.77. The Labute approximate surface area is 168 Å². The minimum Gasteiger partial charge on any atom is -0.329 e. The highest BCUT2D eigenvalue weighted by Gasteiger charge is 2.15.